The van der Waals surface area contributed by atoms with Crippen molar-refractivity contribution in [1.82, 2.24) is 0 Å². The summed E-state index contributed by atoms with van der Waals surface area (Å²) >= 11 is 0. The largest absolute Gasteiger partial charge is 0.741 e. The average Bonchev–Trinajstić information content (AvgIpc) is 2.69. The number of hydrogen-bond donors (Lipinski definition) is 0. The monoisotopic (exact) mass is 482 g/mol. The zero-order chi connectivity index (χ0) is 23.5. The van der Waals surface area contributed by atoms with E-state index in [2.05, 4.69) is 91.0 Å². The van der Waals surface area contributed by atoms with Crippen molar-refractivity contribution < 1.29 is 39.3 Å². The van der Waals surface area contributed by atoms with Crippen molar-refractivity contribution in [2.45, 2.75) is 26.9 Å². The first-order valence-corrected chi connectivity index (χ1v) is 10.9. The van der Waals surface area contributed by atoms with Crippen molar-refractivity contribution in [3.8, 4) is 0 Å². The van der Waals surface area contributed by atoms with E-state index in [-0.39, 0.29) is 10.9 Å². The number of rotatable bonds is 3. The summed E-state index contributed by atoms with van der Waals surface area (Å²) in [5, 5.41) is 0. The van der Waals surface area contributed by atoms with E-state index < -0.39 is 22.3 Å². The Morgan fingerprint density at radius 2 is 0.839 bits per heavy atom. The molecule has 0 aliphatic heterocycles. The minimum atomic E-state index is -6.09. The van der Waals surface area contributed by atoms with Crippen molar-refractivity contribution in [2.24, 2.45) is 0 Å². The van der Waals surface area contributed by atoms with Gasteiger partial charge in [0.2, 0.25) is 0 Å². The molecule has 0 atom stereocenters. The standard InChI is InChI=1S/C18H15S.CHF3O3S.CHF3/c1-4-10-16(11-5-1)19(17-12-6-2-7-13-17)18-14-8-3-9-15-18;2-1(3,4)8(5,6)7;2-1(3)4/h1-15H;(H,5,6,7);1H/q+1;;/p-1. The Hall–Kier alpha value is -2.50. The topological polar surface area (TPSA) is 57.2 Å². The molecule has 0 aliphatic carbocycles. The molecule has 168 valence electrons. The first-order valence-electron chi connectivity index (χ1n) is 8.27. The summed E-state index contributed by atoms with van der Waals surface area (Å²) in [5.41, 5.74) is -5.65. The van der Waals surface area contributed by atoms with Gasteiger partial charge < -0.3 is 4.55 Å². The molecule has 3 rings (SSSR count). The molecule has 0 amide bonds. The van der Waals surface area contributed by atoms with Crippen molar-refractivity contribution in [2.75, 3.05) is 0 Å². The Morgan fingerprint density at radius 3 is 1.00 bits per heavy atom. The molecule has 0 saturated carbocycles. The number of benzene rings is 3. The van der Waals surface area contributed by atoms with E-state index in [1.165, 1.54) is 14.7 Å². The summed E-state index contributed by atoms with van der Waals surface area (Å²) in [4.78, 5) is 4.08. The second kappa shape index (κ2) is 12.4. The number of halogens is 6. The van der Waals surface area contributed by atoms with E-state index in [9.17, 15) is 26.3 Å². The van der Waals surface area contributed by atoms with Crippen LogP contribution in [-0.4, -0.2) is 25.2 Å². The van der Waals surface area contributed by atoms with E-state index in [0.29, 0.717) is 0 Å². The molecular weight excluding hydrogens is 466 g/mol. The van der Waals surface area contributed by atoms with Crippen LogP contribution in [0.4, 0.5) is 26.3 Å². The molecule has 0 unspecified atom stereocenters. The third-order valence-electron chi connectivity index (χ3n) is 3.22. The highest BCUT2D eigenvalue weighted by Gasteiger charge is 2.36. The molecule has 0 aromatic heterocycles. The van der Waals surface area contributed by atoms with Crippen LogP contribution in [0.5, 0.6) is 0 Å². The maximum absolute atomic E-state index is 10.7. The second-order valence-electron chi connectivity index (χ2n) is 5.39. The van der Waals surface area contributed by atoms with Crippen LogP contribution in [0.15, 0.2) is 106 Å². The van der Waals surface area contributed by atoms with Gasteiger partial charge >= 0.3 is 12.2 Å². The fraction of sp³-hybridized carbons (Fsp3) is 0.100. The van der Waals surface area contributed by atoms with Gasteiger partial charge in [0.15, 0.2) is 24.8 Å². The molecule has 11 heteroatoms. The highest BCUT2D eigenvalue weighted by molar-refractivity contribution is 7.97. The molecule has 0 bridgehead atoms. The Morgan fingerprint density at radius 1 is 0.645 bits per heavy atom. The average molecular weight is 482 g/mol. The van der Waals surface area contributed by atoms with Crippen molar-refractivity contribution >= 4 is 21.0 Å². The number of hydrogen-bond acceptors (Lipinski definition) is 3. The van der Waals surface area contributed by atoms with Crippen LogP contribution < -0.4 is 0 Å². The van der Waals surface area contributed by atoms with Gasteiger partial charge in [-0.25, -0.2) is 8.42 Å². The summed E-state index contributed by atoms with van der Waals surface area (Å²) in [5.74, 6) is 0. The van der Waals surface area contributed by atoms with Crippen LogP contribution in [0.1, 0.15) is 0 Å². The van der Waals surface area contributed by atoms with E-state index in [4.69, 9.17) is 13.0 Å². The van der Waals surface area contributed by atoms with Gasteiger partial charge in [0, 0.05) is 0 Å². The molecule has 3 aromatic rings. The summed E-state index contributed by atoms with van der Waals surface area (Å²) < 4.78 is 87.9. The Labute approximate surface area is 178 Å². The normalized spacial score (nSPS) is 11.3. The summed E-state index contributed by atoms with van der Waals surface area (Å²) in [6, 6.07) is 32.2. The lowest BCUT2D eigenvalue weighted by Gasteiger charge is -2.08. The van der Waals surface area contributed by atoms with Gasteiger partial charge in [-0.3, -0.25) is 0 Å². The van der Waals surface area contributed by atoms with Crippen LogP contribution in [0.25, 0.3) is 0 Å². The number of alkyl halides is 6. The molecule has 0 heterocycles. The lowest BCUT2D eigenvalue weighted by atomic mass is 10.4. The van der Waals surface area contributed by atoms with Gasteiger partial charge in [-0.05, 0) is 36.4 Å². The second-order valence-corrected chi connectivity index (χ2v) is 8.79. The fourth-order valence-electron chi connectivity index (χ4n) is 2.08. The quantitative estimate of drug-likeness (QED) is 0.199. The van der Waals surface area contributed by atoms with Crippen molar-refractivity contribution in [3.63, 3.8) is 0 Å². The van der Waals surface area contributed by atoms with Gasteiger partial charge in [-0.15, -0.1) is 0 Å². The van der Waals surface area contributed by atoms with Crippen molar-refractivity contribution in [1.29, 1.82) is 0 Å². The molecule has 3 aromatic carbocycles. The predicted octanol–water partition coefficient (Wildman–Crippen LogP) is 6.01. The minimum Gasteiger partial charge on any atom is -0.741 e. The van der Waals surface area contributed by atoms with Crippen LogP contribution in [0.2, 0.25) is 0 Å². The minimum absolute atomic E-state index is 0.0146. The molecule has 0 saturated heterocycles. The molecule has 31 heavy (non-hydrogen) atoms. The summed E-state index contributed by atoms with van der Waals surface area (Å²) in [6.07, 6.45) is 0. The third kappa shape index (κ3) is 9.90. The maximum atomic E-state index is 10.7. The maximum Gasteiger partial charge on any atom is 0.485 e. The smallest absolute Gasteiger partial charge is 0.485 e. The molecule has 0 fully saturated rings. The highest BCUT2D eigenvalue weighted by Crippen LogP contribution is 2.30. The first kappa shape index (κ1) is 26.5. The van der Waals surface area contributed by atoms with Gasteiger partial charge in [0.1, 0.15) is 0 Å². The third-order valence-corrected chi connectivity index (χ3v) is 6.02. The van der Waals surface area contributed by atoms with E-state index in [0.717, 1.165) is 0 Å². The Balaban J connectivity index is 0.000000336. The highest BCUT2D eigenvalue weighted by atomic mass is 32.2. The lowest BCUT2D eigenvalue weighted by molar-refractivity contribution is -0.0517. The van der Waals surface area contributed by atoms with Gasteiger partial charge in [-0.1, -0.05) is 54.6 Å². The van der Waals surface area contributed by atoms with E-state index in [1.807, 2.05) is 0 Å². The molecule has 0 spiro atoms. The van der Waals surface area contributed by atoms with E-state index >= 15 is 0 Å². The van der Waals surface area contributed by atoms with E-state index in [1.54, 1.807) is 0 Å². The van der Waals surface area contributed by atoms with Gasteiger partial charge in [0.05, 0.1) is 10.9 Å². The summed E-state index contributed by atoms with van der Waals surface area (Å²) in [7, 11) is -6.10. The van der Waals surface area contributed by atoms with Crippen LogP contribution in [0.3, 0.4) is 0 Å². The summed E-state index contributed by atoms with van der Waals surface area (Å²) in [6.45, 7) is -3.67. The van der Waals surface area contributed by atoms with Crippen LogP contribution >= 0.6 is 0 Å². The molecule has 3 nitrogen and oxygen atoms in total. The predicted molar refractivity (Wildman–Crippen MR) is 104 cm³/mol. The fourth-order valence-corrected chi connectivity index (χ4v) is 4.18. The van der Waals surface area contributed by atoms with Crippen LogP contribution in [-0.2, 0) is 21.0 Å². The van der Waals surface area contributed by atoms with Gasteiger partial charge in [-0.2, -0.15) is 26.3 Å². The van der Waals surface area contributed by atoms with Crippen LogP contribution in [0, 0.1) is 0 Å². The van der Waals surface area contributed by atoms with Gasteiger partial charge in [0.25, 0.3) is 0 Å². The molecular formula is C20H16F6O3S2. The molecule has 0 N–H and O–H groups in total. The molecule has 0 radical (unpaired) electrons. The Bertz CT molecular complexity index is 887. The zero-order valence-electron chi connectivity index (χ0n) is 15.5. The zero-order valence-corrected chi connectivity index (χ0v) is 17.2. The first-order chi connectivity index (χ1) is 14.4. The van der Waals surface area contributed by atoms with Crippen molar-refractivity contribution in [3.05, 3.63) is 91.0 Å². The SMILES string of the molecule is FC(F)F.O=S(=O)([O-])C(F)(F)F.c1ccc([S+](c2ccccc2)c2ccccc2)cc1. The lowest BCUT2D eigenvalue weighted by Crippen LogP contribution is -2.21. The molecule has 0 aliphatic rings. The Kier molecular flexibility index (Phi) is 10.6.